The lowest BCUT2D eigenvalue weighted by atomic mass is 9.40. The maximum Gasteiger partial charge on any atom is 0.303 e. The highest BCUT2D eigenvalue weighted by Crippen LogP contribution is 2.72. The molecule has 28 heavy (non-hydrogen) atoms. The molecule has 156 valence electrons. The van der Waals surface area contributed by atoms with Crippen molar-refractivity contribution in [1.29, 1.82) is 0 Å². The molecular weight excluding hydrogens is 352 g/mol. The number of hydrogen-bond donors (Lipinski definition) is 0. The summed E-state index contributed by atoms with van der Waals surface area (Å²) in [4.78, 5) is 23.6. The molecule has 0 heterocycles. The summed E-state index contributed by atoms with van der Waals surface area (Å²) < 4.78 is 11.7. The number of hydrogen-bond acceptors (Lipinski definition) is 4. The summed E-state index contributed by atoms with van der Waals surface area (Å²) in [5.74, 6) is 1.20. The first-order chi connectivity index (χ1) is 13.0. The average molecular weight is 389 g/mol. The molecule has 1 spiro atoms. The van der Waals surface area contributed by atoms with Crippen molar-refractivity contribution in [1.82, 2.24) is 0 Å². The van der Waals surface area contributed by atoms with E-state index in [4.69, 9.17) is 9.47 Å². The van der Waals surface area contributed by atoms with E-state index in [9.17, 15) is 9.59 Å². The van der Waals surface area contributed by atoms with Crippen LogP contribution >= 0.6 is 0 Å². The summed E-state index contributed by atoms with van der Waals surface area (Å²) in [6, 6.07) is 0. The van der Waals surface area contributed by atoms with Gasteiger partial charge < -0.3 is 9.47 Å². The van der Waals surface area contributed by atoms with E-state index in [0.717, 1.165) is 37.7 Å². The van der Waals surface area contributed by atoms with Crippen LogP contribution in [-0.4, -0.2) is 24.1 Å². The zero-order chi connectivity index (χ0) is 20.5. The van der Waals surface area contributed by atoms with Crippen molar-refractivity contribution in [2.24, 2.45) is 34.0 Å². The fourth-order valence-corrected chi connectivity index (χ4v) is 8.31. The smallest absolute Gasteiger partial charge is 0.303 e. The third-order valence-electron chi connectivity index (χ3n) is 9.26. The molecule has 0 aromatic carbocycles. The Labute approximate surface area is 169 Å². The predicted molar refractivity (Wildman–Crippen MR) is 107 cm³/mol. The first-order valence-electron chi connectivity index (χ1n) is 11.1. The lowest BCUT2D eigenvalue weighted by Crippen LogP contribution is -2.61. The fourth-order valence-electron chi connectivity index (χ4n) is 8.31. The van der Waals surface area contributed by atoms with Crippen molar-refractivity contribution in [2.45, 2.75) is 91.8 Å². The van der Waals surface area contributed by atoms with Gasteiger partial charge in [0.15, 0.2) is 0 Å². The summed E-state index contributed by atoms with van der Waals surface area (Å²) in [6.45, 7) is 14.5. The number of rotatable bonds is 2. The van der Waals surface area contributed by atoms with Crippen LogP contribution in [-0.2, 0) is 19.1 Å². The normalized spacial score (nSPS) is 46.3. The summed E-state index contributed by atoms with van der Waals surface area (Å²) in [6.07, 6.45) is 7.57. The van der Waals surface area contributed by atoms with E-state index in [2.05, 4.69) is 27.4 Å². The van der Waals surface area contributed by atoms with Crippen molar-refractivity contribution in [2.75, 3.05) is 0 Å². The standard InChI is InChI=1S/C24H36O4/c1-14-17-7-8-19-23(6)11-10-20(27-15(2)25)22(4,5)18(23)9-12-24(19,13-17)21(14)28-16(3)26/h17-21H,1,7-13H2,2-6H3/t17-,18-,19+,20-,21-,23-,24-/m1/s1. The molecule has 4 aliphatic rings. The maximum atomic E-state index is 11.9. The molecule has 2 bridgehead atoms. The summed E-state index contributed by atoms with van der Waals surface area (Å²) in [5.41, 5.74) is 1.37. The first-order valence-corrected chi connectivity index (χ1v) is 11.1. The molecule has 0 aromatic heterocycles. The van der Waals surface area contributed by atoms with Crippen LogP contribution in [0, 0.1) is 34.0 Å². The van der Waals surface area contributed by atoms with Gasteiger partial charge in [-0.3, -0.25) is 9.59 Å². The van der Waals surface area contributed by atoms with E-state index in [1.54, 1.807) is 0 Å². The Morgan fingerprint density at radius 2 is 1.61 bits per heavy atom. The quantitative estimate of drug-likeness (QED) is 0.490. The first kappa shape index (κ1) is 20.0. The Bertz CT molecular complexity index is 709. The predicted octanol–water partition coefficient (Wildman–Crippen LogP) is 5.06. The zero-order valence-electron chi connectivity index (χ0n) is 18.2. The van der Waals surface area contributed by atoms with E-state index in [1.807, 2.05) is 0 Å². The van der Waals surface area contributed by atoms with Gasteiger partial charge in [0.05, 0.1) is 0 Å². The number of esters is 2. The second-order valence-electron chi connectivity index (χ2n) is 10.9. The second kappa shape index (κ2) is 6.34. The molecule has 4 rings (SSSR count). The molecule has 4 nitrogen and oxygen atoms in total. The van der Waals surface area contributed by atoms with E-state index >= 15 is 0 Å². The lowest BCUT2D eigenvalue weighted by molar-refractivity contribution is -0.210. The molecule has 4 saturated carbocycles. The van der Waals surface area contributed by atoms with Gasteiger partial charge in [-0.2, -0.15) is 0 Å². The number of carbonyl (C=O) groups excluding carboxylic acids is 2. The molecule has 4 fully saturated rings. The average Bonchev–Trinajstić information content (AvgIpc) is 2.77. The van der Waals surface area contributed by atoms with Crippen LogP contribution in [0.2, 0.25) is 0 Å². The Hall–Kier alpha value is -1.32. The van der Waals surface area contributed by atoms with Gasteiger partial charge in [0.2, 0.25) is 0 Å². The van der Waals surface area contributed by atoms with Crippen molar-refractivity contribution in [3.63, 3.8) is 0 Å². The monoisotopic (exact) mass is 388 g/mol. The molecule has 0 radical (unpaired) electrons. The number of ether oxygens (including phenoxy) is 2. The highest BCUT2D eigenvalue weighted by Gasteiger charge is 2.68. The minimum Gasteiger partial charge on any atom is -0.462 e. The molecule has 0 aliphatic heterocycles. The largest absolute Gasteiger partial charge is 0.462 e. The molecule has 4 aliphatic carbocycles. The van der Waals surface area contributed by atoms with Crippen molar-refractivity contribution in [3.8, 4) is 0 Å². The minimum absolute atomic E-state index is 0.00345. The Morgan fingerprint density at radius 1 is 0.929 bits per heavy atom. The Kier molecular flexibility index (Phi) is 4.52. The van der Waals surface area contributed by atoms with Crippen LogP contribution in [0.25, 0.3) is 0 Å². The third kappa shape index (κ3) is 2.62. The van der Waals surface area contributed by atoms with Crippen LogP contribution < -0.4 is 0 Å². The van der Waals surface area contributed by atoms with Gasteiger partial charge in [-0.25, -0.2) is 0 Å². The number of fused-ring (bicyclic) bond motifs is 3. The van der Waals surface area contributed by atoms with Gasteiger partial charge in [0, 0.05) is 24.7 Å². The van der Waals surface area contributed by atoms with E-state index in [-0.39, 0.29) is 40.4 Å². The van der Waals surface area contributed by atoms with Crippen molar-refractivity contribution in [3.05, 3.63) is 12.2 Å². The molecule has 0 N–H and O–H groups in total. The van der Waals surface area contributed by atoms with Gasteiger partial charge in [0.25, 0.3) is 0 Å². The van der Waals surface area contributed by atoms with Gasteiger partial charge in [-0.15, -0.1) is 0 Å². The van der Waals surface area contributed by atoms with Gasteiger partial charge in [-0.1, -0.05) is 27.4 Å². The third-order valence-corrected chi connectivity index (χ3v) is 9.26. The SMILES string of the molecule is C=C1[C@@H]2CC[C@H]3[C@]4(C)CC[C@@H](OC(C)=O)C(C)(C)[C@H]4CC[C@]3(C2)[C@@H]1OC(C)=O. The summed E-state index contributed by atoms with van der Waals surface area (Å²) in [7, 11) is 0. The lowest BCUT2D eigenvalue weighted by Gasteiger charge is -2.65. The molecular formula is C24H36O4. The van der Waals surface area contributed by atoms with Crippen LogP contribution in [0.3, 0.4) is 0 Å². The molecule has 7 atom stereocenters. The topological polar surface area (TPSA) is 52.6 Å². The van der Waals surface area contributed by atoms with Gasteiger partial charge >= 0.3 is 11.9 Å². The molecule has 0 amide bonds. The molecule has 0 unspecified atom stereocenters. The molecule has 4 heteroatoms. The van der Waals surface area contributed by atoms with Crippen LogP contribution in [0.4, 0.5) is 0 Å². The zero-order valence-corrected chi connectivity index (χ0v) is 18.2. The van der Waals surface area contributed by atoms with E-state index in [0.29, 0.717) is 17.8 Å². The molecule has 0 saturated heterocycles. The fraction of sp³-hybridized carbons (Fsp3) is 0.833. The Balaban J connectivity index is 1.70. The van der Waals surface area contributed by atoms with Crippen molar-refractivity contribution < 1.29 is 19.1 Å². The summed E-state index contributed by atoms with van der Waals surface area (Å²) in [5, 5.41) is 0. The highest BCUT2D eigenvalue weighted by atomic mass is 16.5. The van der Waals surface area contributed by atoms with Gasteiger partial charge in [0.1, 0.15) is 12.2 Å². The molecule has 0 aromatic rings. The van der Waals surface area contributed by atoms with Crippen LogP contribution in [0.15, 0.2) is 12.2 Å². The Morgan fingerprint density at radius 3 is 2.25 bits per heavy atom. The van der Waals surface area contributed by atoms with Crippen LogP contribution in [0.5, 0.6) is 0 Å². The maximum absolute atomic E-state index is 11.9. The van der Waals surface area contributed by atoms with E-state index < -0.39 is 0 Å². The minimum atomic E-state index is -0.182. The second-order valence-corrected chi connectivity index (χ2v) is 10.9. The van der Waals surface area contributed by atoms with Crippen LogP contribution in [0.1, 0.15) is 79.6 Å². The highest BCUT2D eigenvalue weighted by molar-refractivity contribution is 5.67. The van der Waals surface area contributed by atoms with E-state index in [1.165, 1.54) is 26.7 Å². The summed E-state index contributed by atoms with van der Waals surface area (Å²) >= 11 is 0. The van der Waals surface area contributed by atoms with Gasteiger partial charge in [-0.05, 0) is 73.7 Å². The van der Waals surface area contributed by atoms with Crippen molar-refractivity contribution >= 4 is 11.9 Å². The number of carbonyl (C=O) groups is 2.